The number of rotatable bonds is 3. The van der Waals surface area contributed by atoms with Crippen molar-refractivity contribution in [2.45, 2.75) is 6.92 Å². The fourth-order valence-corrected chi connectivity index (χ4v) is 1.30. The lowest BCUT2D eigenvalue weighted by Crippen LogP contribution is -2.02. The summed E-state index contributed by atoms with van der Waals surface area (Å²) < 4.78 is 5.86. The average Bonchev–Trinajstić information content (AvgIpc) is 2.03. The van der Waals surface area contributed by atoms with Gasteiger partial charge in [-0.05, 0) is 35.0 Å². The van der Waals surface area contributed by atoms with Crippen LogP contribution in [-0.2, 0) is 0 Å². The molecular formula is C8H10BrNO2. The first-order chi connectivity index (χ1) is 5.74. The van der Waals surface area contributed by atoms with Crippen molar-refractivity contribution in [3.63, 3.8) is 0 Å². The third-order valence-electron chi connectivity index (χ3n) is 1.30. The van der Waals surface area contributed by atoms with Gasteiger partial charge in [-0.2, -0.15) is 0 Å². The molecule has 0 radical (unpaired) electrons. The molecule has 0 saturated heterocycles. The molecule has 12 heavy (non-hydrogen) atoms. The normalized spacial score (nSPS) is 9.92. The number of pyridine rings is 1. The minimum absolute atomic E-state index is 0.0142. The van der Waals surface area contributed by atoms with Crippen molar-refractivity contribution in [3.8, 4) is 5.75 Å². The second-order valence-electron chi connectivity index (χ2n) is 2.31. The van der Waals surface area contributed by atoms with Crippen LogP contribution in [0.1, 0.15) is 5.69 Å². The van der Waals surface area contributed by atoms with Crippen LogP contribution in [0.4, 0.5) is 0 Å². The number of aliphatic hydroxyl groups excluding tert-OH is 1. The van der Waals surface area contributed by atoms with E-state index in [2.05, 4.69) is 20.9 Å². The van der Waals surface area contributed by atoms with Gasteiger partial charge in [0, 0.05) is 5.69 Å². The van der Waals surface area contributed by atoms with Crippen LogP contribution in [0.15, 0.2) is 16.7 Å². The van der Waals surface area contributed by atoms with Crippen LogP contribution >= 0.6 is 15.9 Å². The third kappa shape index (κ3) is 2.46. The molecule has 0 aromatic carbocycles. The lowest BCUT2D eigenvalue weighted by molar-refractivity contribution is 0.200. The Hall–Kier alpha value is -0.610. The Labute approximate surface area is 79.5 Å². The summed E-state index contributed by atoms with van der Waals surface area (Å²) in [6, 6.07) is 3.68. The minimum atomic E-state index is 0.0142. The third-order valence-corrected chi connectivity index (χ3v) is 1.87. The lowest BCUT2D eigenvalue weighted by Gasteiger charge is -2.05. The predicted molar refractivity (Wildman–Crippen MR) is 49.3 cm³/mol. The molecule has 0 bridgehead atoms. The molecular weight excluding hydrogens is 222 g/mol. The summed E-state index contributed by atoms with van der Waals surface area (Å²) >= 11 is 3.26. The van der Waals surface area contributed by atoms with E-state index in [0.717, 1.165) is 5.69 Å². The molecule has 66 valence electrons. The highest BCUT2D eigenvalue weighted by molar-refractivity contribution is 9.10. The molecule has 0 spiro atoms. The molecule has 0 unspecified atom stereocenters. The van der Waals surface area contributed by atoms with Gasteiger partial charge in [0.25, 0.3) is 0 Å². The van der Waals surface area contributed by atoms with E-state index in [9.17, 15) is 0 Å². The number of aliphatic hydroxyl groups is 1. The van der Waals surface area contributed by atoms with Crippen molar-refractivity contribution in [1.82, 2.24) is 4.98 Å². The van der Waals surface area contributed by atoms with E-state index in [4.69, 9.17) is 9.84 Å². The summed E-state index contributed by atoms with van der Waals surface area (Å²) in [5, 5.41) is 8.51. The molecule has 1 N–H and O–H groups in total. The first kappa shape index (κ1) is 9.48. The Morgan fingerprint density at radius 1 is 1.58 bits per heavy atom. The van der Waals surface area contributed by atoms with E-state index in [1.165, 1.54) is 0 Å². The van der Waals surface area contributed by atoms with Crippen LogP contribution in [0.2, 0.25) is 0 Å². The van der Waals surface area contributed by atoms with Gasteiger partial charge in [-0.15, -0.1) is 0 Å². The second kappa shape index (κ2) is 4.42. The van der Waals surface area contributed by atoms with Gasteiger partial charge in [0.05, 0.1) is 6.61 Å². The number of hydrogen-bond donors (Lipinski definition) is 1. The van der Waals surface area contributed by atoms with E-state index >= 15 is 0 Å². The predicted octanol–water partition coefficient (Wildman–Crippen LogP) is 1.52. The number of nitrogens with zero attached hydrogens (tertiary/aromatic N) is 1. The average molecular weight is 232 g/mol. The number of aromatic nitrogens is 1. The molecule has 0 aliphatic rings. The van der Waals surface area contributed by atoms with Crippen LogP contribution in [0.25, 0.3) is 0 Å². The number of halogens is 1. The van der Waals surface area contributed by atoms with E-state index in [1.807, 2.05) is 19.1 Å². The van der Waals surface area contributed by atoms with Crippen molar-refractivity contribution in [2.24, 2.45) is 0 Å². The molecule has 0 saturated carbocycles. The highest BCUT2D eigenvalue weighted by Crippen LogP contribution is 2.22. The van der Waals surface area contributed by atoms with E-state index < -0.39 is 0 Å². The van der Waals surface area contributed by atoms with E-state index in [1.54, 1.807) is 0 Å². The molecule has 4 heteroatoms. The summed E-state index contributed by atoms with van der Waals surface area (Å²) in [7, 11) is 0. The van der Waals surface area contributed by atoms with Gasteiger partial charge >= 0.3 is 0 Å². The highest BCUT2D eigenvalue weighted by Gasteiger charge is 2.00. The van der Waals surface area contributed by atoms with Gasteiger partial charge in [-0.1, -0.05) is 0 Å². The quantitative estimate of drug-likeness (QED) is 0.803. The standard InChI is InChI=1S/C8H10BrNO2/c1-6-2-3-7(8(9)10-6)12-5-4-11/h2-3,11H,4-5H2,1H3. The largest absolute Gasteiger partial charge is 0.488 e. The van der Waals surface area contributed by atoms with Gasteiger partial charge in [0.15, 0.2) is 5.75 Å². The first-order valence-electron chi connectivity index (χ1n) is 3.61. The molecule has 0 aliphatic heterocycles. The molecule has 1 heterocycles. The summed E-state index contributed by atoms with van der Waals surface area (Å²) in [5.41, 5.74) is 0.929. The Balaban J connectivity index is 2.72. The maximum Gasteiger partial charge on any atom is 0.152 e. The summed E-state index contributed by atoms with van der Waals surface area (Å²) in [6.07, 6.45) is 0. The molecule has 0 atom stereocenters. The Morgan fingerprint density at radius 2 is 2.33 bits per heavy atom. The van der Waals surface area contributed by atoms with Crippen molar-refractivity contribution in [3.05, 3.63) is 22.4 Å². The number of hydrogen-bond acceptors (Lipinski definition) is 3. The topological polar surface area (TPSA) is 42.4 Å². The maximum absolute atomic E-state index is 8.51. The zero-order valence-electron chi connectivity index (χ0n) is 6.75. The Bertz CT molecular complexity index is 265. The summed E-state index contributed by atoms with van der Waals surface area (Å²) in [5.74, 6) is 0.662. The zero-order chi connectivity index (χ0) is 8.97. The molecule has 1 aromatic rings. The van der Waals surface area contributed by atoms with Gasteiger partial charge < -0.3 is 9.84 Å². The first-order valence-corrected chi connectivity index (χ1v) is 4.40. The highest BCUT2D eigenvalue weighted by atomic mass is 79.9. The van der Waals surface area contributed by atoms with Gasteiger partial charge in [0.2, 0.25) is 0 Å². The van der Waals surface area contributed by atoms with Crippen molar-refractivity contribution in [2.75, 3.05) is 13.2 Å². The summed E-state index contributed by atoms with van der Waals surface area (Å²) in [6.45, 7) is 2.21. The van der Waals surface area contributed by atoms with Crippen molar-refractivity contribution >= 4 is 15.9 Å². The molecule has 0 aliphatic carbocycles. The van der Waals surface area contributed by atoms with Crippen LogP contribution < -0.4 is 4.74 Å². The second-order valence-corrected chi connectivity index (χ2v) is 3.06. The fraction of sp³-hybridized carbons (Fsp3) is 0.375. The molecule has 1 aromatic heterocycles. The smallest absolute Gasteiger partial charge is 0.152 e. The van der Waals surface area contributed by atoms with Crippen LogP contribution in [0, 0.1) is 6.92 Å². The monoisotopic (exact) mass is 231 g/mol. The molecule has 0 amide bonds. The lowest BCUT2D eigenvalue weighted by atomic mass is 10.4. The van der Waals surface area contributed by atoms with E-state index in [-0.39, 0.29) is 6.61 Å². The zero-order valence-corrected chi connectivity index (χ0v) is 8.34. The Kier molecular flexibility index (Phi) is 3.49. The van der Waals surface area contributed by atoms with Crippen LogP contribution in [-0.4, -0.2) is 23.3 Å². The molecule has 0 fully saturated rings. The van der Waals surface area contributed by atoms with E-state index in [0.29, 0.717) is 17.0 Å². The SMILES string of the molecule is Cc1ccc(OCCO)c(Br)n1. The number of aryl methyl sites for hydroxylation is 1. The number of ether oxygens (including phenoxy) is 1. The molecule has 3 nitrogen and oxygen atoms in total. The Morgan fingerprint density at radius 3 is 2.92 bits per heavy atom. The van der Waals surface area contributed by atoms with Gasteiger partial charge in [-0.3, -0.25) is 0 Å². The van der Waals surface area contributed by atoms with Crippen LogP contribution in [0.5, 0.6) is 5.75 Å². The van der Waals surface area contributed by atoms with Gasteiger partial charge in [-0.25, -0.2) is 4.98 Å². The van der Waals surface area contributed by atoms with Crippen molar-refractivity contribution in [1.29, 1.82) is 0 Å². The minimum Gasteiger partial charge on any atom is -0.488 e. The maximum atomic E-state index is 8.51. The summed E-state index contributed by atoms with van der Waals surface area (Å²) in [4.78, 5) is 4.14. The van der Waals surface area contributed by atoms with Crippen molar-refractivity contribution < 1.29 is 9.84 Å². The van der Waals surface area contributed by atoms with Crippen LogP contribution in [0.3, 0.4) is 0 Å². The molecule has 1 rings (SSSR count). The van der Waals surface area contributed by atoms with Gasteiger partial charge in [0.1, 0.15) is 11.2 Å². The fourth-order valence-electron chi connectivity index (χ4n) is 0.776.